The Labute approximate surface area is 203 Å². The van der Waals surface area contributed by atoms with Gasteiger partial charge in [-0.15, -0.1) is 0 Å². The van der Waals surface area contributed by atoms with Crippen molar-refractivity contribution in [3.63, 3.8) is 0 Å². The Morgan fingerprint density at radius 3 is 1.12 bits per heavy atom. The third-order valence-electron chi connectivity index (χ3n) is 7.32. The van der Waals surface area contributed by atoms with Gasteiger partial charge >= 0.3 is 0 Å². The quantitative estimate of drug-likeness (QED) is 0.135. The smallest absolute Gasteiger partial charge is 0.101 e. The Balaban J connectivity index is 2.15. The van der Waals surface area contributed by atoms with Gasteiger partial charge in [-0.05, 0) is 25.7 Å². The van der Waals surface area contributed by atoms with Gasteiger partial charge in [-0.2, -0.15) is 0 Å². The van der Waals surface area contributed by atoms with Crippen LogP contribution in [0.2, 0.25) is 0 Å². The Bertz CT molecular complexity index is 406. The zero-order valence-electron chi connectivity index (χ0n) is 22.6. The van der Waals surface area contributed by atoms with Crippen LogP contribution < -0.4 is 0 Å². The van der Waals surface area contributed by atoms with Gasteiger partial charge < -0.3 is 9.80 Å². The van der Waals surface area contributed by atoms with Crippen molar-refractivity contribution in [1.82, 2.24) is 9.80 Å². The van der Waals surface area contributed by atoms with Gasteiger partial charge in [0.1, 0.15) is 6.17 Å². The molecule has 1 rings (SSSR count). The molecule has 1 unspecified atom stereocenters. The van der Waals surface area contributed by atoms with Gasteiger partial charge in [-0.3, -0.25) is 0 Å². The second kappa shape index (κ2) is 22.1. The Morgan fingerprint density at radius 2 is 0.719 bits per heavy atom. The van der Waals surface area contributed by atoms with E-state index in [1.165, 1.54) is 154 Å². The largest absolute Gasteiger partial charge is 0.356 e. The van der Waals surface area contributed by atoms with Crippen LogP contribution in [0, 0.1) is 0 Å². The predicted molar refractivity (Wildman–Crippen MR) is 145 cm³/mol. The van der Waals surface area contributed by atoms with Crippen molar-refractivity contribution in [2.24, 2.45) is 0 Å². The lowest BCUT2D eigenvalue weighted by Crippen LogP contribution is -2.39. The van der Waals surface area contributed by atoms with Crippen LogP contribution in [-0.2, 0) is 0 Å². The molecule has 0 aromatic rings. The molecule has 2 heteroatoms. The maximum absolute atomic E-state index is 2.68. The highest BCUT2D eigenvalue weighted by Gasteiger charge is 2.24. The van der Waals surface area contributed by atoms with E-state index in [-0.39, 0.29) is 0 Å². The third-order valence-corrected chi connectivity index (χ3v) is 7.32. The zero-order valence-corrected chi connectivity index (χ0v) is 22.6. The van der Waals surface area contributed by atoms with E-state index in [1.807, 2.05) is 0 Å². The summed E-state index contributed by atoms with van der Waals surface area (Å²) < 4.78 is 0. The summed E-state index contributed by atoms with van der Waals surface area (Å²) in [6.45, 7) is 9.45. The fourth-order valence-corrected chi connectivity index (χ4v) is 5.13. The molecule has 0 aromatic carbocycles. The average molecular weight is 449 g/mol. The van der Waals surface area contributed by atoms with E-state index in [0.717, 1.165) is 0 Å². The first-order valence-corrected chi connectivity index (χ1v) is 15.0. The van der Waals surface area contributed by atoms with E-state index < -0.39 is 0 Å². The van der Waals surface area contributed by atoms with Crippen molar-refractivity contribution >= 4 is 0 Å². The van der Waals surface area contributed by atoms with Gasteiger partial charge in [-0.25, -0.2) is 0 Å². The average Bonchev–Trinajstić information content (AvgIpc) is 3.18. The second-order valence-corrected chi connectivity index (χ2v) is 10.4. The summed E-state index contributed by atoms with van der Waals surface area (Å²) >= 11 is 0. The summed E-state index contributed by atoms with van der Waals surface area (Å²) in [5.74, 6) is 0. The van der Waals surface area contributed by atoms with Gasteiger partial charge in [0.15, 0.2) is 0 Å². The molecule has 190 valence electrons. The maximum Gasteiger partial charge on any atom is 0.101 e. The van der Waals surface area contributed by atoms with Crippen molar-refractivity contribution in [3.8, 4) is 0 Å². The minimum Gasteiger partial charge on any atom is -0.356 e. The highest BCUT2D eigenvalue weighted by molar-refractivity contribution is 4.97. The normalized spacial score (nSPS) is 15.9. The van der Waals surface area contributed by atoms with Crippen LogP contribution in [0.4, 0.5) is 0 Å². The van der Waals surface area contributed by atoms with Crippen LogP contribution in [0.25, 0.3) is 0 Å². The summed E-state index contributed by atoms with van der Waals surface area (Å²) in [4.78, 5) is 5.34. The molecule has 2 nitrogen and oxygen atoms in total. The van der Waals surface area contributed by atoms with Crippen molar-refractivity contribution in [2.75, 3.05) is 13.1 Å². The maximum atomic E-state index is 2.68. The number of unbranched alkanes of at least 4 members (excludes halogenated alkanes) is 18. The second-order valence-electron chi connectivity index (χ2n) is 10.4. The molecule has 0 saturated carbocycles. The standard InChI is InChI=1S/C30H60N2/c1-4-7-10-13-14-15-16-17-18-19-21-24-27-32-29-28-31(26-23-12-9-6-3)30(32)25-22-20-11-8-5-2/h28-30H,4-27H2,1-3H3. The molecule has 0 spiro atoms. The highest BCUT2D eigenvalue weighted by Crippen LogP contribution is 2.23. The molecular weight excluding hydrogens is 388 g/mol. The first-order chi connectivity index (χ1) is 15.8. The summed E-state index contributed by atoms with van der Waals surface area (Å²) in [7, 11) is 0. The third kappa shape index (κ3) is 15.2. The predicted octanol–water partition coefficient (Wildman–Crippen LogP) is 10.0. The Hall–Kier alpha value is -0.660. The lowest BCUT2D eigenvalue weighted by molar-refractivity contribution is 0.135. The van der Waals surface area contributed by atoms with Gasteiger partial charge in [0.25, 0.3) is 0 Å². The molecule has 1 aliphatic heterocycles. The van der Waals surface area contributed by atoms with Crippen molar-refractivity contribution < 1.29 is 0 Å². The molecule has 1 atom stereocenters. The number of nitrogens with zero attached hydrogens (tertiary/aromatic N) is 2. The molecule has 32 heavy (non-hydrogen) atoms. The van der Waals surface area contributed by atoms with Crippen molar-refractivity contribution in [3.05, 3.63) is 12.4 Å². The minimum absolute atomic E-state index is 0.644. The van der Waals surface area contributed by atoms with Crippen LogP contribution >= 0.6 is 0 Å². The van der Waals surface area contributed by atoms with Gasteiger partial charge in [0.2, 0.25) is 0 Å². The fourth-order valence-electron chi connectivity index (χ4n) is 5.13. The Kier molecular flexibility index (Phi) is 20.3. The molecule has 0 saturated heterocycles. The molecular formula is C30H60N2. The van der Waals surface area contributed by atoms with Crippen molar-refractivity contribution in [1.29, 1.82) is 0 Å². The summed E-state index contributed by atoms with van der Waals surface area (Å²) in [6.07, 6.45) is 36.5. The molecule has 0 fully saturated rings. The summed E-state index contributed by atoms with van der Waals surface area (Å²) in [5.41, 5.74) is 0. The molecule has 0 aromatic heterocycles. The highest BCUT2D eigenvalue weighted by atomic mass is 15.4. The summed E-state index contributed by atoms with van der Waals surface area (Å²) in [5, 5.41) is 0. The van der Waals surface area contributed by atoms with Crippen LogP contribution in [0.1, 0.15) is 162 Å². The van der Waals surface area contributed by atoms with E-state index in [4.69, 9.17) is 0 Å². The molecule has 0 amide bonds. The van der Waals surface area contributed by atoms with Crippen LogP contribution in [0.3, 0.4) is 0 Å². The van der Waals surface area contributed by atoms with Gasteiger partial charge in [-0.1, -0.05) is 136 Å². The SMILES string of the molecule is CCCCCCCCCCCCCCN1C=CN(CCCCCC)C1CCCCCCC. The lowest BCUT2D eigenvalue weighted by Gasteiger charge is -2.33. The Morgan fingerprint density at radius 1 is 0.406 bits per heavy atom. The van der Waals surface area contributed by atoms with Crippen LogP contribution in [0.15, 0.2) is 12.4 Å². The minimum atomic E-state index is 0.644. The first-order valence-electron chi connectivity index (χ1n) is 15.0. The van der Waals surface area contributed by atoms with E-state index >= 15 is 0 Å². The van der Waals surface area contributed by atoms with E-state index in [9.17, 15) is 0 Å². The molecule has 0 radical (unpaired) electrons. The van der Waals surface area contributed by atoms with Crippen LogP contribution in [-0.4, -0.2) is 29.1 Å². The number of hydrogen-bond donors (Lipinski definition) is 0. The molecule has 0 aliphatic carbocycles. The van der Waals surface area contributed by atoms with E-state index in [1.54, 1.807) is 0 Å². The topological polar surface area (TPSA) is 6.48 Å². The molecule has 1 heterocycles. The lowest BCUT2D eigenvalue weighted by atomic mass is 10.1. The van der Waals surface area contributed by atoms with Crippen LogP contribution in [0.5, 0.6) is 0 Å². The molecule has 0 bridgehead atoms. The zero-order chi connectivity index (χ0) is 23.1. The fraction of sp³-hybridized carbons (Fsp3) is 0.933. The number of rotatable bonds is 24. The van der Waals surface area contributed by atoms with Gasteiger partial charge in [0.05, 0.1) is 0 Å². The van der Waals surface area contributed by atoms with E-state index in [0.29, 0.717) is 6.17 Å². The first kappa shape index (κ1) is 29.4. The molecule has 1 aliphatic rings. The van der Waals surface area contributed by atoms with Gasteiger partial charge in [0, 0.05) is 25.5 Å². The number of hydrogen-bond acceptors (Lipinski definition) is 2. The molecule has 0 N–H and O–H groups in total. The van der Waals surface area contributed by atoms with E-state index in [2.05, 4.69) is 43.0 Å². The van der Waals surface area contributed by atoms with Crippen molar-refractivity contribution in [2.45, 2.75) is 168 Å². The summed E-state index contributed by atoms with van der Waals surface area (Å²) in [6, 6.07) is 0. The monoisotopic (exact) mass is 448 g/mol.